The molecule has 27 heavy (non-hydrogen) atoms. The van der Waals surface area contributed by atoms with E-state index in [1.807, 2.05) is 12.1 Å². The summed E-state index contributed by atoms with van der Waals surface area (Å²) < 4.78 is 10.2. The molecule has 1 heterocycles. The van der Waals surface area contributed by atoms with Crippen LogP contribution in [0.25, 0.3) is 0 Å². The highest BCUT2D eigenvalue weighted by Crippen LogP contribution is 2.21. The van der Waals surface area contributed by atoms with Gasteiger partial charge in [-0.3, -0.25) is 14.4 Å². The van der Waals surface area contributed by atoms with E-state index in [-0.39, 0.29) is 24.7 Å². The van der Waals surface area contributed by atoms with Gasteiger partial charge in [-0.15, -0.1) is 0 Å². The maximum Gasteiger partial charge on any atom is 0.310 e. The molecule has 0 spiro atoms. The molecule has 0 atom stereocenters. The molecule has 0 radical (unpaired) electrons. The number of hydrogen-bond donors (Lipinski definition) is 0. The van der Waals surface area contributed by atoms with Crippen LogP contribution >= 0.6 is 0 Å². The number of carbonyl (C=O) groups is 3. The Morgan fingerprint density at radius 2 is 1.89 bits per heavy atom. The quantitative estimate of drug-likeness (QED) is 0.556. The van der Waals surface area contributed by atoms with Gasteiger partial charge in [-0.2, -0.15) is 0 Å². The highest BCUT2D eigenvalue weighted by atomic mass is 16.5. The molecule has 6 heteroatoms. The number of carbonyl (C=O) groups excluding carboxylic acids is 3. The van der Waals surface area contributed by atoms with Gasteiger partial charge in [0.15, 0.2) is 12.4 Å². The van der Waals surface area contributed by atoms with Gasteiger partial charge < -0.3 is 14.4 Å². The van der Waals surface area contributed by atoms with E-state index >= 15 is 0 Å². The lowest BCUT2D eigenvalue weighted by Crippen LogP contribution is -2.23. The zero-order valence-corrected chi connectivity index (χ0v) is 15.1. The average molecular weight is 367 g/mol. The fourth-order valence-corrected chi connectivity index (χ4v) is 2.96. The number of methoxy groups -OCH3 is 1. The van der Waals surface area contributed by atoms with Gasteiger partial charge in [0, 0.05) is 24.2 Å². The van der Waals surface area contributed by atoms with Gasteiger partial charge in [0.2, 0.25) is 5.91 Å². The first-order valence-electron chi connectivity index (χ1n) is 8.79. The van der Waals surface area contributed by atoms with E-state index in [0.717, 1.165) is 24.2 Å². The average Bonchev–Trinajstić information content (AvgIpc) is 3.12. The molecule has 0 saturated carbocycles. The number of benzene rings is 2. The molecule has 6 nitrogen and oxygen atoms in total. The lowest BCUT2D eigenvalue weighted by molar-refractivity contribution is -0.141. The minimum absolute atomic E-state index is 0.0691. The smallest absolute Gasteiger partial charge is 0.310 e. The Kier molecular flexibility index (Phi) is 5.86. The molecule has 1 fully saturated rings. The van der Waals surface area contributed by atoms with E-state index in [2.05, 4.69) is 0 Å². The number of amides is 1. The van der Waals surface area contributed by atoms with Gasteiger partial charge >= 0.3 is 5.97 Å². The largest absolute Gasteiger partial charge is 0.497 e. The zero-order chi connectivity index (χ0) is 19.2. The molecule has 1 aliphatic rings. The standard InChI is InChI=1S/C21H21NO5/c1-26-18-5-2-4-16(13-18)19(23)14-27-21(25)12-15-7-9-17(10-8-15)22-11-3-6-20(22)24/h2,4-5,7-10,13H,3,6,11-12,14H2,1H3. The molecule has 0 bridgehead atoms. The minimum atomic E-state index is -0.476. The predicted octanol–water partition coefficient (Wildman–Crippen LogP) is 2.79. The minimum Gasteiger partial charge on any atom is -0.497 e. The van der Waals surface area contributed by atoms with Gasteiger partial charge in [0.1, 0.15) is 5.75 Å². The summed E-state index contributed by atoms with van der Waals surface area (Å²) in [5.41, 5.74) is 2.04. The first-order chi connectivity index (χ1) is 13.1. The van der Waals surface area contributed by atoms with Crippen LogP contribution in [0.15, 0.2) is 48.5 Å². The summed E-state index contributed by atoms with van der Waals surface area (Å²) in [7, 11) is 1.52. The monoisotopic (exact) mass is 367 g/mol. The number of anilines is 1. The van der Waals surface area contributed by atoms with Gasteiger partial charge in [-0.1, -0.05) is 24.3 Å². The maximum absolute atomic E-state index is 12.1. The third kappa shape index (κ3) is 4.73. The Hall–Kier alpha value is -3.15. The number of hydrogen-bond acceptors (Lipinski definition) is 5. The molecular formula is C21H21NO5. The molecule has 140 valence electrons. The first-order valence-corrected chi connectivity index (χ1v) is 8.79. The van der Waals surface area contributed by atoms with Gasteiger partial charge in [0.05, 0.1) is 13.5 Å². The summed E-state index contributed by atoms with van der Waals surface area (Å²) >= 11 is 0. The highest BCUT2D eigenvalue weighted by molar-refractivity contribution is 5.98. The van der Waals surface area contributed by atoms with Crippen LogP contribution in [0.1, 0.15) is 28.8 Å². The van der Waals surface area contributed by atoms with Crippen molar-refractivity contribution in [1.29, 1.82) is 0 Å². The van der Waals surface area contributed by atoms with Crippen molar-refractivity contribution < 1.29 is 23.9 Å². The number of rotatable bonds is 7. The molecule has 0 N–H and O–H groups in total. The van der Waals surface area contributed by atoms with Crippen molar-refractivity contribution in [2.24, 2.45) is 0 Å². The van der Waals surface area contributed by atoms with Crippen molar-refractivity contribution in [2.45, 2.75) is 19.3 Å². The van der Waals surface area contributed by atoms with Crippen molar-refractivity contribution in [2.75, 3.05) is 25.2 Å². The third-order valence-corrected chi connectivity index (χ3v) is 4.43. The van der Waals surface area contributed by atoms with Crippen LogP contribution in [0.2, 0.25) is 0 Å². The number of esters is 1. The van der Waals surface area contributed by atoms with Crippen molar-refractivity contribution in [3.63, 3.8) is 0 Å². The summed E-state index contributed by atoms with van der Waals surface area (Å²) in [6.45, 7) is 0.416. The molecule has 2 aromatic carbocycles. The fraction of sp³-hybridized carbons (Fsp3) is 0.286. The molecule has 0 aliphatic carbocycles. The van der Waals surface area contributed by atoms with Crippen LogP contribution in [-0.2, 0) is 20.7 Å². The highest BCUT2D eigenvalue weighted by Gasteiger charge is 2.21. The van der Waals surface area contributed by atoms with Gasteiger partial charge in [0.25, 0.3) is 0 Å². The molecular weight excluding hydrogens is 346 g/mol. The second-order valence-electron chi connectivity index (χ2n) is 6.31. The summed E-state index contributed by atoms with van der Waals surface area (Å²) in [6, 6.07) is 14.0. The summed E-state index contributed by atoms with van der Waals surface area (Å²) in [5, 5.41) is 0. The third-order valence-electron chi connectivity index (χ3n) is 4.43. The Morgan fingerprint density at radius 1 is 1.11 bits per heavy atom. The van der Waals surface area contributed by atoms with Crippen molar-refractivity contribution in [1.82, 2.24) is 0 Å². The van der Waals surface area contributed by atoms with Crippen molar-refractivity contribution in [3.8, 4) is 5.75 Å². The predicted molar refractivity (Wildman–Crippen MR) is 100 cm³/mol. The SMILES string of the molecule is COc1cccc(C(=O)COC(=O)Cc2ccc(N3CCCC3=O)cc2)c1. The Balaban J connectivity index is 1.51. The molecule has 0 aromatic heterocycles. The van der Waals surface area contributed by atoms with Crippen molar-refractivity contribution >= 4 is 23.3 Å². The second-order valence-corrected chi connectivity index (χ2v) is 6.31. The molecule has 1 aliphatic heterocycles. The Bertz CT molecular complexity index is 844. The van der Waals surface area contributed by atoms with E-state index < -0.39 is 5.97 Å². The molecule has 0 unspecified atom stereocenters. The number of Topliss-reactive ketones (excluding diaryl/α,β-unsaturated/α-hetero) is 1. The molecule has 3 rings (SSSR count). The van der Waals surface area contributed by atoms with Gasteiger partial charge in [-0.25, -0.2) is 0 Å². The summed E-state index contributed by atoms with van der Waals surface area (Å²) in [5.74, 6) is -0.0663. The fourth-order valence-electron chi connectivity index (χ4n) is 2.96. The lowest BCUT2D eigenvalue weighted by atomic mass is 10.1. The van der Waals surface area contributed by atoms with Crippen LogP contribution in [0, 0.1) is 0 Å². The van der Waals surface area contributed by atoms with E-state index in [0.29, 0.717) is 17.7 Å². The second kappa shape index (κ2) is 8.49. The Morgan fingerprint density at radius 3 is 2.56 bits per heavy atom. The van der Waals surface area contributed by atoms with Crippen LogP contribution < -0.4 is 9.64 Å². The number of ketones is 1. The summed E-state index contributed by atoms with van der Waals surface area (Å²) in [4.78, 5) is 37.6. The molecule has 1 amide bonds. The van der Waals surface area contributed by atoms with Crippen LogP contribution in [-0.4, -0.2) is 37.9 Å². The summed E-state index contributed by atoms with van der Waals surface area (Å²) in [6.07, 6.45) is 1.52. The number of ether oxygens (including phenoxy) is 2. The maximum atomic E-state index is 12.1. The zero-order valence-electron chi connectivity index (χ0n) is 15.1. The van der Waals surface area contributed by atoms with E-state index in [1.54, 1.807) is 41.3 Å². The first kappa shape index (κ1) is 18.6. The van der Waals surface area contributed by atoms with Crippen molar-refractivity contribution in [3.05, 3.63) is 59.7 Å². The van der Waals surface area contributed by atoms with Crippen LogP contribution in [0.5, 0.6) is 5.75 Å². The normalized spacial score (nSPS) is 13.5. The Labute approximate surface area is 157 Å². The van der Waals surface area contributed by atoms with E-state index in [4.69, 9.17) is 9.47 Å². The molecule has 2 aromatic rings. The number of nitrogens with zero attached hydrogens (tertiary/aromatic N) is 1. The lowest BCUT2D eigenvalue weighted by Gasteiger charge is -2.15. The molecule has 1 saturated heterocycles. The topological polar surface area (TPSA) is 72.9 Å². The van der Waals surface area contributed by atoms with E-state index in [9.17, 15) is 14.4 Å². The van der Waals surface area contributed by atoms with Gasteiger partial charge in [-0.05, 0) is 36.2 Å². The van der Waals surface area contributed by atoms with Crippen LogP contribution in [0.3, 0.4) is 0 Å². The van der Waals surface area contributed by atoms with Crippen LogP contribution in [0.4, 0.5) is 5.69 Å². The van der Waals surface area contributed by atoms with E-state index in [1.165, 1.54) is 7.11 Å².